The molecule has 2 nitrogen and oxygen atoms in total. The van der Waals surface area contributed by atoms with Gasteiger partial charge in [0.25, 0.3) is 0 Å². The van der Waals surface area contributed by atoms with Gasteiger partial charge in [0.2, 0.25) is 5.91 Å². The van der Waals surface area contributed by atoms with Crippen molar-refractivity contribution in [2.45, 2.75) is 25.7 Å². The Balaban J connectivity index is 1.81. The number of carbonyl (C=O) groups excluding carboxylic acids is 1. The molecule has 13 heavy (non-hydrogen) atoms. The molecule has 0 heterocycles. The zero-order valence-electron chi connectivity index (χ0n) is 7.70. The van der Waals surface area contributed by atoms with Crippen molar-refractivity contribution in [1.29, 1.82) is 0 Å². The normalized spacial score (nSPS) is 65.4. The monoisotopic (exact) mass is 177 g/mol. The molecule has 0 aromatic heterocycles. The Kier molecular flexibility index (Phi) is 0.879. The molecule has 0 aromatic carbocycles. The topological polar surface area (TPSA) is 43.1 Å². The highest BCUT2D eigenvalue weighted by Crippen LogP contribution is 2.77. The summed E-state index contributed by atoms with van der Waals surface area (Å²) >= 11 is 0. The van der Waals surface area contributed by atoms with Crippen LogP contribution >= 0.6 is 0 Å². The number of rotatable bonds is 1. The number of hydrogen-bond acceptors (Lipinski definition) is 1. The zero-order chi connectivity index (χ0) is 8.79. The van der Waals surface area contributed by atoms with Gasteiger partial charge in [-0.05, 0) is 55.3 Å². The van der Waals surface area contributed by atoms with E-state index in [0.717, 1.165) is 48.9 Å². The van der Waals surface area contributed by atoms with Gasteiger partial charge >= 0.3 is 0 Å². The minimum Gasteiger partial charge on any atom is -0.369 e. The Bertz CT molecular complexity index is 293. The van der Waals surface area contributed by atoms with Gasteiger partial charge in [-0.15, -0.1) is 0 Å². The van der Waals surface area contributed by atoms with Crippen LogP contribution in [0, 0.1) is 35.0 Å². The molecule has 4 bridgehead atoms. The summed E-state index contributed by atoms with van der Waals surface area (Å²) in [6.07, 6.45) is 4.83. The molecule has 2 heteroatoms. The summed E-state index contributed by atoms with van der Waals surface area (Å²) in [5.74, 6) is 4.75. The van der Waals surface area contributed by atoms with Crippen LogP contribution in [-0.2, 0) is 4.79 Å². The Morgan fingerprint density at radius 1 is 1.15 bits per heavy atom. The predicted octanol–water partition coefficient (Wildman–Crippen LogP) is 1.15. The van der Waals surface area contributed by atoms with Crippen molar-refractivity contribution >= 4 is 5.91 Å². The molecule has 2 N–H and O–H groups in total. The number of carbonyl (C=O) groups is 1. The minimum atomic E-state index is -0.0399. The van der Waals surface area contributed by atoms with Crippen molar-refractivity contribution in [2.24, 2.45) is 40.7 Å². The van der Waals surface area contributed by atoms with Crippen LogP contribution in [0.4, 0.5) is 0 Å². The van der Waals surface area contributed by atoms with Gasteiger partial charge in [-0.2, -0.15) is 0 Å². The van der Waals surface area contributed by atoms with E-state index in [0.29, 0.717) is 0 Å². The van der Waals surface area contributed by atoms with Crippen molar-refractivity contribution in [3.05, 3.63) is 0 Å². The minimum absolute atomic E-state index is 0.00556. The van der Waals surface area contributed by atoms with Crippen molar-refractivity contribution in [1.82, 2.24) is 0 Å². The summed E-state index contributed by atoms with van der Waals surface area (Å²) in [5.41, 5.74) is 5.52. The lowest BCUT2D eigenvalue weighted by Crippen LogP contribution is -2.47. The molecule has 70 valence electrons. The van der Waals surface area contributed by atoms with Gasteiger partial charge in [-0.3, -0.25) is 4.79 Å². The number of primary amides is 1. The van der Waals surface area contributed by atoms with E-state index in [9.17, 15) is 4.79 Å². The third-order valence-corrected chi connectivity index (χ3v) is 5.44. The molecular weight excluding hydrogens is 162 g/mol. The fraction of sp³-hybridized carbons (Fsp3) is 0.909. The van der Waals surface area contributed by atoms with Crippen LogP contribution in [0.3, 0.4) is 0 Å². The zero-order valence-corrected chi connectivity index (χ0v) is 7.70. The van der Waals surface area contributed by atoms with Gasteiger partial charge in [-0.25, -0.2) is 0 Å². The molecule has 6 atom stereocenters. The molecule has 5 rings (SSSR count). The van der Waals surface area contributed by atoms with Crippen LogP contribution in [0.1, 0.15) is 25.7 Å². The third-order valence-electron chi connectivity index (χ3n) is 5.44. The average molecular weight is 177 g/mol. The summed E-state index contributed by atoms with van der Waals surface area (Å²) in [6.45, 7) is 0. The molecule has 0 spiro atoms. The number of hydrogen-bond donors (Lipinski definition) is 1. The van der Waals surface area contributed by atoms with Crippen LogP contribution in [0.5, 0.6) is 0 Å². The number of amides is 1. The van der Waals surface area contributed by atoms with Gasteiger partial charge in [0.05, 0.1) is 0 Å². The van der Waals surface area contributed by atoms with Gasteiger partial charge in [-0.1, -0.05) is 0 Å². The van der Waals surface area contributed by atoms with Crippen molar-refractivity contribution < 1.29 is 4.79 Å². The molecule has 1 amide bonds. The molecule has 0 radical (unpaired) electrons. The average Bonchev–Trinajstić information content (AvgIpc) is 2.71. The summed E-state index contributed by atoms with van der Waals surface area (Å²) in [5, 5.41) is 0. The molecule has 0 saturated heterocycles. The maximum Gasteiger partial charge on any atom is 0.223 e. The molecule has 5 fully saturated rings. The molecule has 5 saturated carbocycles. The molecule has 0 aliphatic heterocycles. The Hall–Kier alpha value is -0.530. The van der Waals surface area contributed by atoms with Crippen LogP contribution in [-0.4, -0.2) is 5.91 Å². The Labute approximate surface area is 77.9 Å². The van der Waals surface area contributed by atoms with Crippen molar-refractivity contribution in [2.75, 3.05) is 0 Å². The summed E-state index contributed by atoms with van der Waals surface area (Å²) in [7, 11) is 0. The summed E-state index contributed by atoms with van der Waals surface area (Å²) in [6, 6.07) is 0. The Morgan fingerprint density at radius 2 is 1.77 bits per heavy atom. The second kappa shape index (κ2) is 1.67. The highest BCUT2D eigenvalue weighted by Gasteiger charge is 2.73. The highest BCUT2D eigenvalue weighted by molar-refractivity contribution is 5.81. The molecule has 5 aliphatic carbocycles. The first-order valence-electron chi connectivity index (χ1n) is 5.51. The van der Waals surface area contributed by atoms with E-state index in [2.05, 4.69) is 0 Å². The number of nitrogens with two attached hydrogens (primary N) is 1. The SMILES string of the molecule is NC(=O)C12CC3[C@@H]4[C@H](C[C@@H](C1)[C@H]34)C2. The maximum absolute atomic E-state index is 11.5. The van der Waals surface area contributed by atoms with E-state index in [1.165, 1.54) is 6.42 Å². The lowest BCUT2D eigenvalue weighted by molar-refractivity contribution is -0.135. The lowest BCUT2D eigenvalue weighted by Gasteiger charge is -2.46. The molecule has 5 aliphatic rings. The summed E-state index contributed by atoms with van der Waals surface area (Å²) in [4.78, 5) is 11.5. The molecular formula is C11H15NO. The largest absolute Gasteiger partial charge is 0.369 e. The summed E-state index contributed by atoms with van der Waals surface area (Å²) < 4.78 is 0. The van der Waals surface area contributed by atoms with E-state index in [1.54, 1.807) is 0 Å². The first-order chi connectivity index (χ1) is 6.21. The first-order valence-corrected chi connectivity index (χ1v) is 5.51. The first kappa shape index (κ1) is 6.86. The Morgan fingerprint density at radius 3 is 2.23 bits per heavy atom. The van der Waals surface area contributed by atoms with Crippen LogP contribution < -0.4 is 5.73 Å². The van der Waals surface area contributed by atoms with E-state index in [1.807, 2.05) is 0 Å². The maximum atomic E-state index is 11.5. The van der Waals surface area contributed by atoms with E-state index in [-0.39, 0.29) is 11.3 Å². The van der Waals surface area contributed by atoms with E-state index >= 15 is 0 Å². The predicted molar refractivity (Wildman–Crippen MR) is 47.5 cm³/mol. The second-order valence-electron chi connectivity index (χ2n) is 5.83. The quantitative estimate of drug-likeness (QED) is 0.641. The van der Waals surface area contributed by atoms with E-state index in [4.69, 9.17) is 5.73 Å². The van der Waals surface area contributed by atoms with Crippen molar-refractivity contribution in [3.63, 3.8) is 0 Å². The van der Waals surface area contributed by atoms with Gasteiger partial charge in [0.15, 0.2) is 0 Å². The van der Waals surface area contributed by atoms with Crippen LogP contribution in [0.15, 0.2) is 0 Å². The van der Waals surface area contributed by atoms with Gasteiger partial charge in [0, 0.05) is 5.41 Å². The third kappa shape index (κ3) is 0.570. The van der Waals surface area contributed by atoms with Crippen molar-refractivity contribution in [3.8, 4) is 0 Å². The van der Waals surface area contributed by atoms with Crippen LogP contribution in [0.2, 0.25) is 0 Å². The standard InChI is InChI=1S/C11H15NO/c12-10(13)11-2-5-1-6(3-11)9-7(4-11)8(5)9/h5-9H,1-4H2,(H2,12,13)/t5-,6+,7?,8+,9-,11?. The smallest absolute Gasteiger partial charge is 0.223 e. The molecule has 0 aromatic rings. The molecule has 2 unspecified atom stereocenters. The van der Waals surface area contributed by atoms with E-state index < -0.39 is 0 Å². The van der Waals surface area contributed by atoms with Gasteiger partial charge < -0.3 is 5.73 Å². The van der Waals surface area contributed by atoms with Gasteiger partial charge in [0.1, 0.15) is 0 Å². The fourth-order valence-electron chi connectivity index (χ4n) is 5.18. The lowest BCUT2D eigenvalue weighted by atomic mass is 9.58. The highest BCUT2D eigenvalue weighted by atomic mass is 16.1. The fourth-order valence-corrected chi connectivity index (χ4v) is 5.18. The second-order valence-corrected chi connectivity index (χ2v) is 5.83. The van der Waals surface area contributed by atoms with Crippen LogP contribution in [0.25, 0.3) is 0 Å².